The van der Waals surface area contributed by atoms with Crippen LogP contribution < -0.4 is 4.90 Å². The molecule has 0 bridgehead atoms. The third-order valence-corrected chi connectivity index (χ3v) is 9.54. The summed E-state index contributed by atoms with van der Waals surface area (Å²) in [5, 5.41) is 4.70. The fourth-order valence-electron chi connectivity index (χ4n) is 5.63. The van der Waals surface area contributed by atoms with Crippen molar-refractivity contribution in [2.75, 3.05) is 30.0 Å². The van der Waals surface area contributed by atoms with Gasteiger partial charge in [-0.1, -0.05) is 37.6 Å². The van der Waals surface area contributed by atoms with Gasteiger partial charge in [-0.05, 0) is 42.4 Å². The van der Waals surface area contributed by atoms with E-state index in [-0.39, 0.29) is 35.3 Å². The van der Waals surface area contributed by atoms with Gasteiger partial charge in [0.1, 0.15) is 0 Å². The summed E-state index contributed by atoms with van der Waals surface area (Å²) in [6.07, 6.45) is -1.94. The van der Waals surface area contributed by atoms with Crippen molar-refractivity contribution in [1.82, 2.24) is 19.5 Å². The van der Waals surface area contributed by atoms with Gasteiger partial charge < -0.3 is 9.80 Å². The monoisotopic (exact) mass is 582 g/mol. The summed E-state index contributed by atoms with van der Waals surface area (Å²) in [5.41, 5.74) is 2.82. The van der Waals surface area contributed by atoms with E-state index >= 15 is 0 Å². The van der Waals surface area contributed by atoms with Gasteiger partial charge in [-0.25, -0.2) is 13.7 Å². The van der Waals surface area contributed by atoms with E-state index in [9.17, 15) is 22.2 Å². The number of alkyl halides is 3. The summed E-state index contributed by atoms with van der Waals surface area (Å²) in [6, 6.07) is 5.63. The summed E-state index contributed by atoms with van der Waals surface area (Å²) in [5.74, 6) is -1.26. The van der Waals surface area contributed by atoms with E-state index in [1.165, 1.54) is 12.1 Å². The van der Waals surface area contributed by atoms with Crippen molar-refractivity contribution >= 4 is 44.3 Å². The average Bonchev–Trinajstić information content (AvgIpc) is 3.23. The third-order valence-electron chi connectivity index (χ3n) is 7.56. The Morgan fingerprint density at radius 1 is 1.23 bits per heavy atom. The van der Waals surface area contributed by atoms with Crippen LogP contribution in [0.25, 0.3) is 5.65 Å². The van der Waals surface area contributed by atoms with Crippen molar-refractivity contribution in [3.05, 3.63) is 52.9 Å². The molecule has 2 aliphatic heterocycles. The number of anilines is 2. The smallest absolute Gasteiger partial charge is 0.338 e. The molecule has 1 fully saturated rings. The van der Waals surface area contributed by atoms with Crippen molar-refractivity contribution in [2.24, 2.45) is 11.3 Å². The zero-order valence-corrected chi connectivity index (χ0v) is 23.4. The third kappa shape index (κ3) is 5.45. The Labute approximate surface area is 230 Å². The molecule has 1 amide bonds. The lowest BCUT2D eigenvalue weighted by Crippen LogP contribution is -2.44. The average molecular weight is 583 g/mol. The van der Waals surface area contributed by atoms with Crippen LogP contribution in [0, 0.1) is 16.1 Å². The largest absolute Gasteiger partial charge is 0.413 e. The summed E-state index contributed by atoms with van der Waals surface area (Å²) in [7, 11) is -1.58. The molecule has 5 rings (SSSR count). The zero-order valence-electron chi connectivity index (χ0n) is 21.8. The van der Waals surface area contributed by atoms with E-state index in [0.717, 1.165) is 23.3 Å². The van der Waals surface area contributed by atoms with E-state index in [2.05, 4.69) is 23.9 Å². The molecule has 2 aromatic heterocycles. The lowest BCUT2D eigenvalue weighted by molar-refractivity contribution is -0.190. The summed E-state index contributed by atoms with van der Waals surface area (Å²) in [6.45, 7) is 4.84. The van der Waals surface area contributed by atoms with E-state index in [0.29, 0.717) is 29.5 Å². The first-order chi connectivity index (χ1) is 18.2. The number of benzene rings is 1. The van der Waals surface area contributed by atoms with Gasteiger partial charge >= 0.3 is 6.18 Å². The molecule has 0 aliphatic carbocycles. The van der Waals surface area contributed by atoms with Crippen LogP contribution in [-0.2, 0) is 20.9 Å². The van der Waals surface area contributed by atoms with Gasteiger partial charge in [0.2, 0.25) is 5.91 Å². The van der Waals surface area contributed by atoms with Crippen LogP contribution in [0.5, 0.6) is 0 Å². The Bertz CT molecular complexity index is 1510. The summed E-state index contributed by atoms with van der Waals surface area (Å²) in [4.78, 5) is 20.3. The Morgan fingerprint density at radius 3 is 2.49 bits per heavy atom. The van der Waals surface area contributed by atoms with Gasteiger partial charge in [-0.2, -0.15) is 18.3 Å². The van der Waals surface area contributed by atoms with Gasteiger partial charge in [0.15, 0.2) is 16.8 Å². The van der Waals surface area contributed by atoms with Gasteiger partial charge in [0, 0.05) is 52.5 Å². The van der Waals surface area contributed by atoms with E-state index in [1.54, 1.807) is 28.9 Å². The number of halogens is 4. The molecule has 0 radical (unpaired) electrons. The van der Waals surface area contributed by atoms with Crippen LogP contribution >= 0.6 is 11.6 Å². The molecule has 3 aromatic rings. The van der Waals surface area contributed by atoms with Gasteiger partial charge in [0.25, 0.3) is 0 Å². The first kappa shape index (κ1) is 27.7. The van der Waals surface area contributed by atoms with Crippen LogP contribution in [0.1, 0.15) is 44.0 Å². The molecule has 1 atom stereocenters. The lowest BCUT2D eigenvalue weighted by Gasteiger charge is -2.40. The number of nitrogens with one attached hydrogen (secondary N) is 1. The molecule has 1 aromatic carbocycles. The van der Waals surface area contributed by atoms with Crippen molar-refractivity contribution in [1.29, 1.82) is 4.78 Å². The lowest BCUT2D eigenvalue weighted by atomic mass is 9.83. The normalized spacial score (nSPS) is 23.9. The maximum absolute atomic E-state index is 14.3. The molecule has 1 saturated heterocycles. The Kier molecular flexibility index (Phi) is 6.85. The SMILES string of the molecule is CN(C(=O)C1CCS(=N)(=O)CC1)[C@@H](c1ccc(N2CC(C)(C)Cc3c2cnc2cc(Cl)nn32)cc1)C(F)(F)F. The highest BCUT2D eigenvalue weighted by Crippen LogP contribution is 2.42. The fourth-order valence-corrected chi connectivity index (χ4v) is 7.34. The second-order valence-corrected chi connectivity index (χ2v) is 14.1. The standard InChI is InChI=1S/C26H30ClF3N6O2S/c1-25(2)13-19-20(14-32-22-12-21(27)33-36(19)22)35(15-25)18-6-4-16(5-7-18)23(26(28,29)30)34(3)24(37)17-8-10-39(31,38)11-9-17/h4-7,12,14,17,23,31H,8-11,13,15H2,1-3H3/t17?,23-,39?/m0/s1. The number of rotatable bonds is 4. The number of aromatic nitrogens is 3. The predicted octanol–water partition coefficient (Wildman–Crippen LogP) is 5.62. The molecule has 39 heavy (non-hydrogen) atoms. The van der Waals surface area contributed by atoms with E-state index in [1.807, 2.05) is 4.90 Å². The van der Waals surface area contributed by atoms with Crippen molar-refractivity contribution in [3.8, 4) is 0 Å². The minimum absolute atomic E-state index is 0.0299. The van der Waals surface area contributed by atoms with Crippen LogP contribution in [-0.4, -0.2) is 60.9 Å². The molecular formula is C26H30ClF3N6O2S. The van der Waals surface area contributed by atoms with Gasteiger partial charge in [-0.3, -0.25) is 9.57 Å². The highest BCUT2D eigenvalue weighted by Gasteiger charge is 2.46. The van der Waals surface area contributed by atoms with Crippen LogP contribution in [0.3, 0.4) is 0 Å². The molecule has 13 heteroatoms. The molecule has 4 heterocycles. The first-order valence-electron chi connectivity index (χ1n) is 12.6. The number of nitrogens with zero attached hydrogens (tertiary/aromatic N) is 5. The maximum Gasteiger partial charge on any atom is 0.413 e. The van der Waals surface area contributed by atoms with Crippen LogP contribution in [0.2, 0.25) is 5.15 Å². The fraction of sp³-hybridized carbons (Fsp3) is 0.500. The number of hydrogen-bond acceptors (Lipinski definition) is 6. The number of amides is 1. The van der Waals surface area contributed by atoms with Crippen molar-refractivity contribution in [2.45, 2.75) is 45.3 Å². The molecule has 0 spiro atoms. The molecule has 8 nitrogen and oxygen atoms in total. The van der Waals surface area contributed by atoms with Crippen LogP contribution in [0.15, 0.2) is 36.5 Å². The van der Waals surface area contributed by atoms with E-state index < -0.39 is 33.8 Å². The van der Waals surface area contributed by atoms with Gasteiger partial charge in [0.05, 0.1) is 17.6 Å². The topological polar surface area (TPSA) is 94.7 Å². The Hall–Kier alpha value is -2.86. The molecule has 0 unspecified atom stereocenters. The van der Waals surface area contributed by atoms with Gasteiger partial charge in [-0.15, -0.1) is 0 Å². The Balaban J connectivity index is 1.45. The number of carbonyl (C=O) groups excluding carboxylic acids is 1. The highest BCUT2D eigenvalue weighted by molar-refractivity contribution is 7.92. The summed E-state index contributed by atoms with van der Waals surface area (Å²) < 4.78 is 64.3. The molecular weight excluding hydrogens is 553 g/mol. The second-order valence-electron chi connectivity index (χ2n) is 11.2. The second kappa shape index (κ2) is 9.65. The first-order valence-corrected chi connectivity index (χ1v) is 14.9. The molecule has 1 N–H and O–H groups in total. The quantitative estimate of drug-likeness (QED) is 0.431. The maximum atomic E-state index is 14.3. The Morgan fingerprint density at radius 2 is 1.87 bits per heavy atom. The molecule has 0 saturated carbocycles. The predicted molar refractivity (Wildman–Crippen MR) is 144 cm³/mol. The number of fused-ring (bicyclic) bond motifs is 3. The molecule has 210 valence electrons. The number of hydrogen-bond donors (Lipinski definition) is 1. The van der Waals surface area contributed by atoms with Crippen molar-refractivity contribution in [3.63, 3.8) is 0 Å². The minimum atomic E-state index is -4.70. The van der Waals surface area contributed by atoms with Crippen LogP contribution in [0.4, 0.5) is 24.5 Å². The molecule has 2 aliphatic rings. The highest BCUT2D eigenvalue weighted by atomic mass is 35.5. The van der Waals surface area contributed by atoms with Crippen molar-refractivity contribution < 1.29 is 22.2 Å². The number of carbonyl (C=O) groups is 1. The summed E-state index contributed by atoms with van der Waals surface area (Å²) >= 11 is 6.12. The van der Waals surface area contributed by atoms with E-state index in [4.69, 9.17) is 16.4 Å². The minimum Gasteiger partial charge on any atom is -0.338 e. The zero-order chi connectivity index (χ0) is 28.3.